The van der Waals surface area contributed by atoms with Gasteiger partial charge in [0.25, 0.3) is 0 Å². The number of amides is 2. The number of aromatic nitrogens is 3. The summed E-state index contributed by atoms with van der Waals surface area (Å²) >= 11 is 5.95. The molecule has 3 N–H and O–H groups in total. The number of nitrogen functional groups attached to an aromatic ring is 1. The highest BCUT2D eigenvalue weighted by atomic mass is 35.5. The van der Waals surface area contributed by atoms with E-state index in [4.69, 9.17) is 22.1 Å². The molecular weight excluding hydrogens is 506 g/mol. The van der Waals surface area contributed by atoms with Crippen molar-refractivity contribution in [2.24, 2.45) is 0 Å². The maximum atomic E-state index is 15.3. The lowest BCUT2D eigenvalue weighted by molar-refractivity contribution is -0.129. The van der Waals surface area contributed by atoms with Crippen LogP contribution in [0.25, 0.3) is 16.8 Å². The van der Waals surface area contributed by atoms with Gasteiger partial charge in [-0.2, -0.15) is 0 Å². The number of benzene rings is 1. The summed E-state index contributed by atoms with van der Waals surface area (Å²) in [5.74, 6) is -1.21. The molecule has 5 heterocycles. The number of halogens is 3. The van der Waals surface area contributed by atoms with Gasteiger partial charge in [-0.05, 0) is 43.0 Å². The van der Waals surface area contributed by atoms with E-state index in [9.17, 15) is 14.0 Å². The van der Waals surface area contributed by atoms with Crippen molar-refractivity contribution in [3.8, 4) is 11.3 Å². The molecule has 2 saturated heterocycles. The number of carbonyl (C=O) groups excluding carboxylic acids is 2. The number of fused-ring (bicyclic) bond motifs is 1. The van der Waals surface area contributed by atoms with E-state index in [2.05, 4.69) is 15.0 Å². The predicted octanol–water partition coefficient (Wildman–Crippen LogP) is 4.46. The van der Waals surface area contributed by atoms with Gasteiger partial charge < -0.3 is 20.4 Å². The van der Waals surface area contributed by atoms with Crippen LogP contribution in [-0.2, 0) is 9.53 Å². The van der Waals surface area contributed by atoms with Gasteiger partial charge in [0.05, 0.1) is 29.5 Å². The fourth-order valence-electron chi connectivity index (χ4n) is 5.35. The van der Waals surface area contributed by atoms with Crippen LogP contribution in [0.3, 0.4) is 0 Å². The molecule has 2 fully saturated rings. The molecular formula is C25H21ClF2N6O3. The summed E-state index contributed by atoms with van der Waals surface area (Å²) in [6.07, 6.45) is 5.37. The topological polar surface area (TPSA) is 117 Å². The number of nitrogens with one attached hydrogen (secondary N) is 1. The minimum atomic E-state index is -0.677. The SMILES string of the molecule is Nc1ccc(Cl)c(F)c1C1=CC(=O)N2[C@H](CC[C@H]2c2ncc(-c3ccnc(N4CCOC4=O)c3F)[nH]2)C1. The molecule has 9 nitrogen and oxygen atoms in total. The molecule has 37 heavy (non-hydrogen) atoms. The third-order valence-electron chi connectivity index (χ3n) is 7.05. The van der Waals surface area contributed by atoms with Crippen LogP contribution in [0.2, 0.25) is 5.02 Å². The number of ether oxygens (including phenoxy) is 1. The van der Waals surface area contributed by atoms with Crippen LogP contribution >= 0.6 is 11.6 Å². The lowest BCUT2D eigenvalue weighted by Crippen LogP contribution is -2.39. The van der Waals surface area contributed by atoms with Crippen molar-refractivity contribution in [2.45, 2.75) is 31.3 Å². The van der Waals surface area contributed by atoms with E-state index in [0.29, 0.717) is 36.4 Å². The van der Waals surface area contributed by atoms with Crippen molar-refractivity contribution in [3.05, 3.63) is 64.7 Å². The average molecular weight is 527 g/mol. The van der Waals surface area contributed by atoms with Gasteiger partial charge in [-0.3, -0.25) is 9.69 Å². The van der Waals surface area contributed by atoms with Crippen LogP contribution < -0.4 is 10.6 Å². The number of rotatable bonds is 4. The first kappa shape index (κ1) is 23.4. The first-order valence-corrected chi connectivity index (χ1v) is 12.1. The van der Waals surface area contributed by atoms with Crippen LogP contribution in [0.4, 0.5) is 25.1 Å². The van der Waals surface area contributed by atoms with Crippen molar-refractivity contribution in [1.82, 2.24) is 19.9 Å². The smallest absolute Gasteiger partial charge is 0.415 e. The van der Waals surface area contributed by atoms with E-state index in [0.717, 1.165) is 4.90 Å². The van der Waals surface area contributed by atoms with Crippen LogP contribution in [0.15, 0.2) is 36.7 Å². The Morgan fingerprint density at radius 3 is 2.76 bits per heavy atom. The third kappa shape index (κ3) is 3.81. The van der Waals surface area contributed by atoms with Gasteiger partial charge in [0.1, 0.15) is 12.4 Å². The third-order valence-corrected chi connectivity index (χ3v) is 7.34. The second kappa shape index (κ2) is 8.84. The van der Waals surface area contributed by atoms with E-state index < -0.39 is 17.7 Å². The lowest BCUT2D eigenvalue weighted by atomic mass is 9.92. The average Bonchev–Trinajstić information content (AvgIpc) is 3.62. The Hall–Kier alpha value is -3.99. The zero-order valence-corrected chi connectivity index (χ0v) is 20.1. The molecule has 190 valence electrons. The van der Waals surface area contributed by atoms with Gasteiger partial charge in [0.2, 0.25) is 5.91 Å². The number of carbonyl (C=O) groups is 2. The maximum absolute atomic E-state index is 15.3. The Kier molecular flexibility index (Phi) is 5.59. The van der Waals surface area contributed by atoms with E-state index >= 15 is 4.39 Å². The summed E-state index contributed by atoms with van der Waals surface area (Å²) in [4.78, 5) is 39.5. The fraction of sp³-hybridized carbons (Fsp3) is 0.280. The molecule has 3 aromatic rings. The van der Waals surface area contributed by atoms with E-state index in [-0.39, 0.29) is 58.8 Å². The van der Waals surface area contributed by atoms with Crippen molar-refractivity contribution in [2.75, 3.05) is 23.8 Å². The summed E-state index contributed by atoms with van der Waals surface area (Å²) in [5, 5.41) is -0.0551. The lowest BCUT2D eigenvalue weighted by Gasteiger charge is -2.33. The summed E-state index contributed by atoms with van der Waals surface area (Å²) in [5.41, 5.74) is 7.48. The summed E-state index contributed by atoms with van der Waals surface area (Å²) < 4.78 is 35.0. The van der Waals surface area contributed by atoms with Crippen LogP contribution in [0, 0.1) is 11.6 Å². The molecule has 2 amide bonds. The molecule has 6 rings (SSSR count). The summed E-state index contributed by atoms with van der Waals surface area (Å²) in [6.45, 7) is 0.374. The summed E-state index contributed by atoms with van der Waals surface area (Å²) in [6, 6.07) is 3.87. The first-order valence-electron chi connectivity index (χ1n) is 11.7. The highest BCUT2D eigenvalue weighted by molar-refractivity contribution is 6.31. The largest absolute Gasteiger partial charge is 0.447 e. The molecule has 2 atom stereocenters. The van der Waals surface area contributed by atoms with Gasteiger partial charge in [-0.15, -0.1) is 0 Å². The van der Waals surface area contributed by atoms with Crippen LogP contribution in [-0.4, -0.2) is 51.0 Å². The number of aromatic amines is 1. The second-order valence-electron chi connectivity index (χ2n) is 9.14. The highest BCUT2D eigenvalue weighted by Crippen LogP contribution is 2.44. The van der Waals surface area contributed by atoms with Gasteiger partial charge in [-0.1, -0.05) is 11.6 Å². The standard InChI is InChI=1S/C25H21ClF2N6O3/c26-15-2-3-16(29)20(22(15)28)12-9-13-1-4-18(34(13)19(35)10-12)23-31-11-17(32-23)14-5-6-30-24(21(14)27)33-7-8-37-25(33)36/h2-3,5-6,10-11,13,18H,1,4,7-9,29H2,(H,31,32)/t13-,18+/m1/s1. The number of imidazole rings is 1. The zero-order valence-electron chi connectivity index (χ0n) is 19.4. The predicted molar refractivity (Wildman–Crippen MR) is 131 cm³/mol. The highest BCUT2D eigenvalue weighted by Gasteiger charge is 2.42. The molecule has 0 unspecified atom stereocenters. The van der Waals surface area contributed by atoms with Crippen molar-refractivity contribution >= 4 is 40.7 Å². The van der Waals surface area contributed by atoms with Gasteiger partial charge in [-0.25, -0.2) is 23.5 Å². The summed E-state index contributed by atoms with van der Waals surface area (Å²) in [7, 11) is 0. The van der Waals surface area contributed by atoms with Crippen molar-refractivity contribution in [3.63, 3.8) is 0 Å². The normalized spacial score (nSPS) is 21.3. The molecule has 0 spiro atoms. The van der Waals surface area contributed by atoms with Crippen molar-refractivity contribution < 1.29 is 23.1 Å². The number of nitrogens with zero attached hydrogens (tertiary/aromatic N) is 4. The van der Waals surface area contributed by atoms with Crippen LogP contribution in [0.5, 0.6) is 0 Å². The quantitative estimate of drug-likeness (QED) is 0.485. The Balaban J connectivity index is 1.28. The fourth-order valence-corrected chi connectivity index (χ4v) is 5.50. The maximum Gasteiger partial charge on any atom is 0.415 e. The Morgan fingerprint density at radius 1 is 1.14 bits per heavy atom. The number of hydrogen-bond acceptors (Lipinski definition) is 6. The Bertz CT molecular complexity index is 1470. The molecule has 0 aliphatic carbocycles. The number of anilines is 2. The number of H-pyrrole nitrogens is 1. The number of nitrogens with two attached hydrogens (primary N) is 1. The number of hydrogen-bond donors (Lipinski definition) is 2. The molecule has 2 aromatic heterocycles. The van der Waals surface area contributed by atoms with E-state index in [1.807, 2.05) is 0 Å². The molecule has 0 radical (unpaired) electrons. The van der Waals surface area contributed by atoms with Gasteiger partial charge in [0.15, 0.2) is 17.5 Å². The molecule has 1 aromatic carbocycles. The Labute approximate surface area is 214 Å². The Morgan fingerprint density at radius 2 is 1.97 bits per heavy atom. The molecule has 3 aliphatic heterocycles. The van der Waals surface area contributed by atoms with Gasteiger partial charge in [0, 0.05) is 35.1 Å². The second-order valence-corrected chi connectivity index (χ2v) is 9.54. The molecule has 0 bridgehead atoms. The molecule has 12 heteroatoms. The minimum absolute atomic E-state index is 0.0551. The van der Waals surface area contributed by atoms with E-state index in [1.165, 1.54) is 36.7 Å². The molecule has 0 saturated carbocycles. The monoisotopic (exact) mass is 526 g/mol. The zero-order chi connectivity index (χ0) is 25.8. The van der Waals surface area contributed by atoms with Gasteiger partial charge >= 0.3 is 6.09 Å². The van der Waals surface area contributed by atoms with Crippen molar-refractivity contribution in [1.29, 1.82) is 0 Å². The van der Waals surface area contributed by atoms with Crippen LogP contribution in [0.1, 0.15) is 36.7 Å². The number of cyclic esters (lactones) is 1. The minimum Gasteiger partial charge on any atom is -0.447 e. The molecule has 3 aliphatic rings. The first-order chi connectivity index (χ1) is 17.8. The number of pyridine rings is 1. The van der Waals surface area contributed by atoms with E-state index in [1.54, 1.807) is 4.90 Å².